The van der Waals surface area contributed by atoms with E-state index in [-0.39, 0.29) is 12.4 Å². The van der Waals surface area contributed by atoms with Crippen LogP contribution in [0, 0.1) is 6.92 Å². The highest BCUT2D eigenvalue weighted by molar-refractivity contribution is 5.72. The molecule has 1 aromatic heterocycles. The fraction of sp³-hybridized carbons (Fsp3) is 0.500. The van der Waals surface area contributed by atoms with Crippen molar-refractivity contribution in [1.29, 1.82) is 0 Å². The van der Waals surface area contributed by atoms with Gasteiger partial charge in [-0.25, -0.2) is 4.98 Å². The van der Waals surface area contributed by atoms with Gasteiger partial charge in [-0.1, -0.05) is 0 Å². The third kappa shape index (κ3) is 3.31. The van der Waals surface area contributed by atoms with Crippen LogP contribution in [0.2, 0.25) is 0 Å². The molecule has 8 heteroatoms. The molecule has 0 fully saturated rings. The largest absolute Gasteiger partial charge is 0.466 e. The molecule has 0 bridgehead atoms. The normalized spacial score (nSPS) is 11.4. The summed E-state index contributed by atoms with van der Waals surface area (Å²) in [5.74, 6) is -1.07. The van der Waals surface area contributed by atoms with Crippen molar-refractivity contribution < 1.29 is 22.7 Å². The molecule has 1 rings (SSSR count). The summed E-state index contributed by atoms with van der Waals surface area (Å²) in [6, 6.07) is 0. The van der Waals surface area contributed by atoms with Gasteiger partial charge in [0.15, 0.2) is 5.69 Å². The Hall–Kier alpha value is -1.86. The Kier molecular flexibility index (Phi) is 4.10. The topological polar surface area (TPSA) is 72.0 Å². The van der Waals surface area contributed by atoms with E-state index in [0.717, 1.165) is 0 Å². The Morgan fingerprint density at radius 2 is 2.06 bits per heavy atom. The number of H-pyrrole nitrogens is 1. The van der Waals surface area contributed by atoms with E-state index >= 15 is 0 Å². The third-order valence-corrected chi connectivity index (χ3v) is 2.03. The van der Waals surface area contributed by atoms with Gasteiger partial charge in [-0.3, -0.25) is 9.59 Å². The summed E-state index contributed by atoms with van der Waals surface area (Å²) in [7, 11) is 0. The van der Waals surface area contributed by atoms with Crippen molar-refractivity contribution >= 4 is 5.97 Å². The molecule has 1 N–H and O–H groups in total. The second-order valence-corrected chi connectivity index (χ2v) is 3.46. The van der Waals surface area contributed by atoms with E-state index in [4.69, 9.17) is 0 Å². The van der Waals surface area contributed by atoms with Crippen LogP contribution in [0.3, 0.4) is 0 Å². The number of nitrogens with zero attached hydrogens (tertiary/aromatic N) is 1. The average Bonchev–Trinajstić information content (AvgIpc) is 2.20. The quantitative estimate of drug-likeness (QED) is 0.833. The lowest BCUT2D eigenvalue weighted by atomic mass is 10.1. The lowest BCUT2D eigenvalue weighted by Crippen LogP contribution is -2.26. The number of aromatic nitrogens is 2. The number of ether oxygens (including phenoxy) is 1. The van der Waals surface area contributed by atoms with E-state index in [1.54, 1.807) is 0 Å². The summed E-state index contributed by atoms with van der Waals surface area (Å²) in [5.41, 5.74) is -3.06. The maximum absolute atomic E-state index is 12.7. The van der Waals surface area contributed by atoms with Gasteiger partial charge < -0.3 is 9.72 Å². The van der Waals surface area contributed by atoms with Crippen LogP contribution in [-0.4, -0.2) is 22.5 Å². The van der Waals surface area contributed by atoms with Gasteiger partial charge in [-0.2, -0.15) is 13.2 Å². The number of hydrogen-bond acceptors (Lipinski definition) is 4. The molecule has 0 saturated heterocycles. The number of hydrogen-bond donors (Lipinski definition) is 1. The first kappa shape index (κ1) is 14.2. The summed E-state index contributed by atoms with van der Waals surface area (Å²) in [6.45, 7) is 2.77. The summed E-state index contributed by atoms with van der Waals surface area (Å²) >= 11 is 0. The van der Waals surface area contributed by atoms with Crippen molar-refractivity contribution in [1.82, 2.24) is 9.97 Å². The van der Waals surface area contributed by atoms with Gasteiger partial charge >= 0.3 is 12.1 Å². The maximum atomic E-state index is 12.7. The van der Waals surface area contributed by atoms with E-state index < -0.39 is 35.4 Å². The molecule has 0 amide bonds. The molecular weight excluding hydrogens is 253 g/mol. The molecular formula is C10H11F3N2O3. The lowest BCUT2D eigenvalue weighted by Gasteiger charge is -2.11. The van der Waals surface area contributed by atoms with Crippen LogP contribution in [0.5, 0.6) is 0 Å². The monoisotopic (exact) mass is 264 g/mol. The standard InChI is InChI=1S/C10H11F3N2O3/c1-3-18-7(16)4-6-8(10(11,12)13)14-5(2)15-9(6)17/h3-4H2,1-2H3,(H,14,15,17). The Balaban J connectivity index is 3.25. The number of aryl methyl sites for hydroxylation is 1. The SMILES string of the molecule is CCOC(=O)Cc1c(C(F)(F)F)nc(C)[nH]c1=O. The Morgan fingerprint density at radius 3 is 2.56 bits per heavy atom. The van der Waals surface area contributed by atoms with Gasteiger partial charge in [0.05, 0.1) is 18.6 Å². The molecule has 0 spiro atoms. The highest BCUT2D eigenvalue weighted by Crippen LogP contribution is 2.29. The van der Waals surface area contributed by atoms with E-state index in [1.165, 1.54) is 13.8 Å². The number of rotatable bonds is 3. The van der Waals surface area contributed by atoms with Gasteiger partial charge in [-0.05, 0) is 13.8 Å². The maximum Gasteiger partial charge on any atom is 0.433 e. The molecule has 0 saturated carbocycles. The molecule has 5 nitrogen and oxygen atoms in total. The van der Waals surface area contributed by atoms with Crippen molar-refractivity contribution in [2.45, 2.75) is 26.4 Å². The number of halogens is 3. The molecule has 0 aliphatic rings. The van der Waals surface area contributed by atoms with E-state index in [0.29, 0.717) is 0 Å². The zero-order valence-electron chi connectivity index (χ0n) is 9.72. The predicted molar refractivity (Wildman–Crippen MR) is 54.9 cm³/mol. The molecule has 0 atom stereocenters. The minimum Gasteiger partial charge on any atom is -0.466 e. The van der Waals surface area contributed by atoms with E-state index in [2.05, 4.69) is 14.7 Å². The van der Waals surface area contributed by atoms with Crippen LogP contribution in [0.25, 0.3) is 0 Å². The number of aromatic amines is 1. The van der Waals surface area contributed by atoms with Crippen LogP contribution in [0.15, 0.2) is 4.79 Å². The van der Waals surface area contributed by atoms with Crippen molar-refractivity contribution in [3.05, 3.63) is 27.4 Å². The molecule has 100 valence electrons. The minimum absolute atomic E-state index is 0.0252. The minimum atomic E-state index is -4.79. The molecule has 0 unspecified atom stereocenters. The summed E-state index contributed by atoms with van der Waals surface area (Å²) < 4.78 is 42.5. The Bertz CT molecular complexity index is 508. The second kappa shape index (κ2) is 5.19. The van der Waals surface area contributed by atoms with Crippen molar-refractivity contribution in [3.63, 3.8) is 0 Å². The van der Waals surface area contributed by atoms with Crippen LogP contribution in [-0.2, 0) is 22.1 Å². The smallest absolute Gasteiger partial charge is 0.433 e. The lowest BCUT2D eigenvalue weighted by molar-refractivity contribution is -0.144. The number of esters is 1. The highest BCUT2D eigenvalue weighted by Gasteiger charge is 2.37. The first-order valence-electron chi connectivity index (χ1n) is 5.08. The van der Waals surface area contributed by atoms with Crippen molar-refractivity contribution in [3.8, 4) is 0 Å². The zero-order chi connectivity index (χ0) is 13.9. The molecule has 0 aromatic carbocycles. The summed E-state index contributed by atoms with van der Waals surface area (Å²) in [6.07, 6.45) is -5.55. The molecule has 0 radical (unpaired) electrons. The van der Waals surface area contributed by atoms with Gasteiger partial charge in [0.1, 0.15) is 5.82 Å². The Morgan fingerprint density at radius 1 is 1.44 bits per heavy atom. The van der Waals surface area contributed by atoms with Gasteiger partial charge in [0.25, 0.3) is 5.56 Å². The van der Waals surface area contributed by atoms with E-state index in [9.17, 15) is 22.8 Å². The first-order chi connectivity index (χ1) is 8.25. The number of carbonyl (C=O) groups is 1. The molecule has 0 aliphatic heterocycles. The molecule has 1 aromatic rings. The van der Waals surface area contributed by atoms with E-state index in [1.807, 2.05) is 0 Å². The predicted octanol–water partition coefficient (Wildman–Crippen LogP) is 1.20. The van der Waals surface area contributed by atoms with Gasteiger partial charge in [-0.15, -0.1) is 0 Å². The van der Waals surface area contributed by atoms with Crippen LogP contribution in [0.4, 0.5) is 13.2 Å². The summed E-state index contributed by atoms with van der Waals surface area (Å²) in [4.78, 5) is 28.0. The van der Waals surface area contributed by atoms with Gasteiger partial charge in [0.2, 0.25) is 0 Å². The first-order valence-corrected chi connectivity index (χ1v) is 5.08. The third-order valence-electron chi connectivity index (χ3n) is 2.03. The fourth-order valence-electron chi connectivity index (χ4n) is 1.37. The molecule has 18 heavy (non-hydrogen) atoms. The fourth-order valence-corrected chi connectivity index (χ4v) is 1.37. The van der Waals surface area contributed by atoms with Crippen LogP contribution >= 0.6 is 0 Å². The average molecular weight is 264 g/mol. The Labute approximate surface area is 100.0 Å². The van der Waals surface area contributed by atoms with Crippen molar-refractivity contribution in [2.24, 2.45) is 0 Å². The zero-order valence-corrected chi connectivity index (χ0v) is 9.72. The number of nitrogens with one attached hydrogen (secondary N) is 1. The number of carbonyl (C=O) groups excluding carboxylic acids is 1. The second-order valence-electron chi connectivity index (χ2n) is 3.46. The van der Waals surface area contributed by atoms with Gasteiger partial charge in [0, 0.05) is 0 Å². The van der Waals surface area contributed by atoms with Crippen LogP contribution in [0.1, 0.15) is 24.0 Å². The highest BCUT2D eigenvalue weighted by atomic mass is 19.4. The molecule has 0 aliphatic carbocycles. The van der Waals surface area contributed by atoms with Crippen LogP contribution < -0.4 is 5.56 Å². The molecule has 1 heterocycles. The summed E-state index contributed by atoms with van der Waals surface area (Å²) in [5, 5.41) is 0. The number of alkyl halides is 3. The van der Waals surface area contributed by atoms with Crippen molar-refractivity contribution in [2.75, 3.05) is 6.61 Å².